The van der Waals surface area contributed by atoms with E-state index in [-0.39, 0.29) is 18.2 Å². The maximum Gasteiger partial charge on any atom is 0.247 e. The molecule has 2 bridgehead atoms. The van der Waals surface area contributed by atoms with E-state index in [2.05, 4.69) is 5.10 Å². The Hall–Kier alpha value is -0.920. The molecule has 0 radical (unpaired) electrons. The molecule has 1 aromatic heterocycles. The number of piperidine rings is 1. The average molecular weight is 313 g/mol. The standard InChI is InChI=1S/C14H23N3O3S/c1-9-14(10(2)16(3)15-9)21(18,19)17-11-5-6-12(17)8-13(7-11)20-4/h11-13H,5-8H2,1-4H3. The summed E-state index contributed by atoms with van der Waals surface area (Å²) in [7, 11) is 0.0212. The topological polar surface area (TPSA) is 64.4 Å². The number of aryl methyl sites for hydroxylation is 2. The quantitative estimate of drug-likeness (QED) is 0.845. The highest BCUT2D eigenvalue weighted by atomic mass is 32.2. The van der Waals surface area contributed by atoms with Gasteiger partial charge in [-0.2, -0.15) is 9.40 Å². The van der Waals surface area contributed by atoms with E-state index in [4.69, 9.17) is 4.74 Å². The van der Waals surface area contributed by atoms with Gasteiger partial charge in [-0.25, -0.2) is 8.42 Å². The van der Waals surface area contributed by atoms with Crippen LogP contribution in [-0.2, 0) is 21.8 Å². The minimum Gasteiger partial charge on any atom is -0.381 e. The molecule has 6 nitrogen and oxygen atoms in total. The Morgan fingerprint density at radius 1 is 1.19 bits per heavy atom. The Morgan fingerprint density at radius 2 is 1.76 bits per heavy atom. The molecule has 2 unspecified atom stereocenters. The molecule has 0 spiro atoms. The molecule has 0 N–H and O–H groups in total. The third-order valence-corrected chi connectivity index (χ3v) is 7.19. The van der Waals surface area contributed by atoms with Gasteiger partial charge in [-0.05, 0) is 39.5 Å². The maximum absolute atomic E-state index is 13.1. The van der Waals surface area contributed by atoms with E-state index in [9.17, 15) is 8.42 Å². The van der Waals surface area contributed by atoms with E-state index in [0.717, 1.165) is 25.7 Å². The second-order valence-electron chi connectivity index (χ2n) is 6.17. The van der Waals surface area contributed by atoms with Crippen LogP contribution >= 0.6 is 0 Å². The second kappa shape index (κ2) is 5.07. The first-order valence-electron chi connectivity index (χ1n) is 7.42. The first-order chi connectivity index (χ1) is 9.86. The predicted molar refractivity (Wildman–Crippen MR) is 78.5 cm³/mol. The van der Waals surface area contributed by atoms with Crippen molar-refractivity contribution in [1.29, 1.82) is 0 Å². The number of nitrogens with zero attached hydrogens (tertiary/aromatic N) is 3. The van der Waals surface area contributed by atoms with Gasteiger partial charge < -0.3 is 4.74 Å². The fraction of sp³-hybridized carbons (Fsp3) is 0.786. The van der Waals surface area contributed by atoms with E-state index in [0.29, 0.717) is 16.3 Å². The van der Waals surface area contributed by atoms with Crippen LogP contribution in [0, 0.1) is 13.8 Å². The SMILES string of the molecule is COC1CC2CCC(C1)N2S(=O)(=O)c1c(C)nn(C)c1C. The minimum atomic E-state index is -3.48. The summed E-state index contributed by atoms with van der Waals surface area (Å²) in [4.78, 5) is 0.387. The molecule has 3 rings (SSSR count). The van der Waals surface area contributed by atoms with Gasteiger partial charge >= 0.3 is 0 Å². The largest absolute Gasteiger partial charge is 0.381 e. The van der Waals surface area contributed by atoms with Gasteiger partial charge in [-0.15, -0.1) is 0 Å². The van der Waals surface area contributed by atoms with E-state index < -0.39 is 10.0 Å². The van der Waals surface area contributed by atoms with Gasteiger partial charge in [0.25, 0.3) is 0 Å². The zero-order valence-corrected chi connectivity index (χ0v) is 13.9. The van der Waals surface area contributed by atoms with E-state index in [1.54, 1.807) is 30.1 Å². The summed E-state index contributed by atoms with van der Waals surface area (Å²) < 4.78 is 35.1. The van der Waals surface area contributed by atoms with Crippen LogP contribution in [0.25, 0.3) is 0 Å². The average Bonchev–Trinajstić information content (AvgIpc) is 2.84. The molecular weight excluding hydrogens is 290 g/mol. The molecule has 0 aromatic carbocycles. The maximum atomic E-state index is 13.1. The Kier molecular flexibility index (Phi) is 3.62. The normalized spacial score (nSPS) is 30.0. The first kappa shape index (κ1) is 15.0. The summed E-state index contributed by atoms with van der Waals surface area (Å²) in [5.74, 6) is 0. The molecular formula is C14H23N3O3S. The summed E-state index contributed by atoms with van der Waals surface area (Å²) >= 11 is 0. The molecule has 1 aromatic rings. The molecule has 2 saturated heterocycles. The van der Waals surface area contributed by atoms with Crippen molar-refractivity contribution in [2.45, 2.75) is 62.6 Å². The number of hydrogen-bond acceptors (Lipinski definition) is 4. The van der Waals surface area contributed by atoms with Crippen LogP contribution in [0.3, 0.4) is 0 Å². The lowest BCUT2D eigenvalue weighted by molar-refractivity contribution is 0.0349. The van der Waals surface area contributed by atoms with Gasteiger partial charge in [0, 0.05) is 26.2 Å². The van der Waals surface area contributed by atoms with Crippen LogP contribution in [-0.4, -0.2) is 47.8 Å². The molecule has 2 aliphatic rings. The van der Waals surface area contributed by atoms with Crippen LogP contribution in [0.1, 0.15) is 37.1 Å². The predicted octanol–water partition coefficient (Wildman–Crippen LogP) is 1.37. The molecule has 7 heteroatoms. The molecule has 0 saturated carbocycles. The van der Waals surface area contributed by atoms with Crippen molar-refractivity contribution in [2.75, 3.05) is 7.11 Å². The second-order valence-corrected chi connectivity index (χ2v) is 7.95. The lowest BCUT2D eigenvalue weighted by Gasteiger charge is -2.37. The molecule has 2 atom stereocenters. The van der Waals surface area contributed by atoms with Crippen molar-refractivity contribution in [3.05, 3.63) is 11.4 Å². The number of methoxy groups -OCH3 is 1. The molecule has 2 fully saturated rings. The van der Waals surface area contributed by atoms with Crippen LogP contribution < -0.4 is 0 Å². The molecule has 3 heterocycles. The van der Waals surface area contributed by atoms with Crippen molar-refractivity contribution in [1.82, 2.24) is 14.1 Å². The van der Waals surface area contributed by atoms with E-state index in [1.807, 2.05) is 6.92 Å². The zero-order chi connectivity index (χ0) is 15.4. The highest BCUT2D eigenvalue weighted by Gasteiger charge is 2.48. The Morgan fingerprint density at radius 3 is 2.19 bits per heavy atom. The monoisotopic (exact) mass is 313 g/mol. The van der Waals surface area contributed by atoms with Crippen LogP contribution in [0.2, 0.25) is 0 Å². The third-order valence-electron chi connectivity index (χ3n) is 4.93. The van der Waals surface area contributed by atoms with Gasteiger partial charge in [0.05, 0.1) is 17.5 Å². The summed E-state index contributed by atoms with van der Waals surface area (Å²) in [6, 6.07) is 0.135. The molecule has 21 heavy (non-hydrogen) atoms. The lowest BCUT2D eigenvalue weighted by atomic mass is 10.0. The number of hydrogen-bond donors (Lipinski definition) is 0. The summed E-state index contributed by atoms with van der Waals surface area (Å²) in [5, 5.41) is 4.26. The van der Waals surface area contributed by atoms with Gasteiger partial charge in [0.2, 0.25) is 10.0 Å². The fourth-order valence-corrected chi connectivity index (χ4v) is 6.20. The summed E-state index contributed by atoms with van der Waals surface area (Å²) in [6.07, 6.45) is 3.64. The van der Waals surface area contributed by atoms with Crippen LogP contribution in [0.5, 0.6) is 0 Å². The fourth-order valence-electron chi connectivity index (χ4n) is 3.90. The lowest BCUT2D eigenvalue weighted by Crippen LogP contribution is -2.48. The Balaban J connectivity index is 2.00. The van der Waals surface area contributed by atoms with Gasteiger partial charge in [-0.1, -0.05) is 0 Å². The highest BCUT2D eigenvalue weighted by molar-refractivity contribution is 7.89. The molecule has 118 valence electrons. The van der Waals surface area contributed by atoms with Gasteiger partial charge in [-0.3, -0.25) is 4.68 Å². The van der Waals surface area contributed by atoms with Crippen molar-refractivity contribution < 1.29 is 13.2 Å². The zero-order valence-electron chi connectivity index (χ0n) is 13.0. The number of sulfonamides is 1. The molecule has 0 aliphatic carbocycles. The number of rotatable bonds is 3. The van der Waals surface area contributed by atoms with Gasteiger partial charge in [0.1, 0.15) is 4.90 Å². The van der Waals surface area contributed by atoms with Crippen LogP contribution in [0.15, 0.2) is 4.90 Å². The smallest absolute Gasteiger partial charge is 0.247 e. The minimum absolute atomic E-state index is 0.0673. The number of aromatic nitrogens is 2. The van der Waals surface area contributed by atoms with Crippen molar-refractivity contribution in [2.24, 2.45) is 7.05 Å². The van der Waals surface area contributed by atoms with Crippen LogP contribution in [0.4, 0.5) is 0 Å². The van der Waals surface area contributed by atoms with E-state index >= 15 is 0 Å². The number of ether oxygens (including phenoxy) is 1. The van der Waals surface area contributed by atoms with Crippen molar-refractivity contribution in [3.63, 3.8) is 0 Å². The summed E-state index contributed by atoms with van der Waals surface area (Å²) in [6.45, 7) is 3.58. The third kappa shape index (κ3) is 2.22. The Labute approximate surface area is 126 Å². The van der Waals surface area contributed by atoms with Gasteiger partial charge in [0.15, 0.2) is 0 Å². The van der Waals surface area contributed by atoms with Crippen molar-refractivity contribution >= 4 is 10.0 Å². The Bertz CT molecular complexity index is 639. The first-order valence-corrected chi connectivity index (χ1v) is 8.86. The summed E-state index contributed by atoms with van der Waals surface area (Å²) in [5.41, 5.74) is 1.30. The number of fused-ring (bicyclic) bond motifs is 2. The van der Waals surface area contributed by atoms with Crippen molar-refractivity contribution in [3.8, 4) is 0 Å². The molecule has 0 amide bonds. The molecule has 2 aliphatic heterocycles. The van der Waals surface area contributed by atoms with E-state index in [1.165, 1.54) is 0 Å². The highest BCUT2D eigenvalue weighted by Crippen LogP contribution is 2.41.